The minimum Gasteiger partial charge on any atom is -0.495 e. The summed E-state index contributed by atoms with van der Waals surface area (Å²) in [6, 6.07) is 8.72. The summed E-state index contributed by atoms with van der Waals surface area (Å²) in [6.07, 6.45) is 0.897. The molecule has 8 nitrogen and oxygen atoms in total. The van der Waals surface area contributed by atoms with E-state index in [0.29, 0.717) is 5.56 Å². The number of hydrogen-bond acceptors (Lipinski definition) is 6. The molecule has 0 aliphatic heterocycles. The number of nitriles is 1. The molecule has 24 heavy (non-hydrogen) atoms. The van der Waals surface area contributed by atoms with Gasteiger partial charge in [0.25, 0.3) is 10.0 Å². The molecule has 0 unspecified atom stereocenters. The van der Waals surface area contributed by atoms with Gasteiger partial charge in [0.1, 0.15) is 22.4 Å². The minimum atomic E-state index is -4.02. The first-order chi connectivity index (χ1) is 11.4. The molecule has 1 aromatic carbocycles. The number of aromatic nitrogens is 1. The zero-order valence-corrected chi connectivity index (χ0v) is 13.4. The molecule has 0 atom stereocenters. The van der Waals surface area contributed by atoms with Gasteiger partial charge in [0.15, 0.2) is 0 Å². The largest absolute Gasteiger partial charge is 0.495 e. The van der Waals surface area contributed by atoms with Gasteiger partial charge in [-0.2, -0.15) is 5.26 Å². The number of sulfonamides is 1. The lowest BCUT2D eigenvalue weighted by molar-refractivity contribution is -0.136. The number of pyridine rings is 1. The maximum Gasteiger partial charge on any atom is 0.307 e. The smallest absolute Gasteiger partial charge is 0.307 e. The van der Waals surface area contributed by atoms with E-state index in [-0.39, 0.29) is 28.4 Å². The number of nitrogens with one attached hydrogen (secondary N) is 1. The molecule has 0 saturated heterocycles. The topological polar surface area (TPSA) is 129 Å². The molecule has 0 aliphatic carbocycles. The Morgan fingerprint density at radius 1 is 1.38 bits per heavy atom. The Morgan fingerprint density at radius 2 is 2.12 bits per heavy atom. The van der Waals surface area contributed by atoms with Crippen LogP contribution in [-0.4, -0.2) is 31.6 Å². The van der Waals surface area contributed by atoms with Gasteiger partial charge in [-0.15, -0.1) is 0 Å². The first kappa shape index (κ1) is 17.2. The molecule has 0 amide bonds. The predicted molar refractivity (Wildman–Crippen MR) is 84.1 cm³/mol. The van der Waals surface area contributed by atoms with Crippen LogP contribution in [0.2, 0.25) is 0 Å². The normalized spacial score (nSPS) is 10.7. The van der Waals surface area contributed by atoms with Crippen LogP contribution in [0.5, 0.6) is 5.75 Å². The number of aliphatic carboxylic acids is 1. The second-order valence-electron chi connectivity index (χ2n) is 4.71. The van der Waals surface area contributed by atoms with Crippen LogP contribution >= 0.6 is 0 Å². The fraction of sp³-hybridized carbons (Fsp3) is 0.133. The molecule has 1 heterocycles. The summed E-state index contributed by atoms with van der Waals surface area (Å²) in [6.45, 7) is 0. The molecule has 0 saturated carbocycles. The van der Waals surface area contributed by atoms with Crippen molar-refractivity contribution in [2.45, 2.75) is 11.3 Å². The third kappa shape index (κ3) is 3.99. The van der Waals surface area contributed by atoms with Gasteiger partial charge in [-0.25, -0.2) is 13.4 Å². The van der Waals surface area contributed by atoms with E-state index >= 15 is 0 Å². The summed E-state index contributed by atoms with van der Waals surface area (Å²) in [4.78, 5) is 14.4. The number of benzene rings is 1. The number of hydrogen-bond donors (Lipinski definition) is 2. The predicted octanol–water partition coefficient (Wildman–Crippen LogP) is 1.39. The lowest BCUT2D eigenvalue weighted by atomic mass is 10.1. The van der Waals surface area contributed by atoms with Gasteiger partial charge < -0.3 is 9.84 Å². The van der Waals surface area contributed by atoms with E-state index in [1.165, 1.54) is 43.6 Å². The van der Waals surface area contributed by atoms with E-state index in [2.05, 4.69) is 9.71 Å². The lowest BCUT2D eigenvalue weighted by Crippen LogP contribution is -2.15. The third-order valence-corrected chi connectivity index (χ3v) is 4.41. The average Bonchev–Trinajstić information content (AvgIpc) is 2.54. The highest BCUT2D eigenvalue weighted by Gasteiger charge is 2.21. The van der Waals surface area contributed by atoms with Crippen molar-refractivity contribution in [1.29, 1.82) is 5.26 Å². The maximum absolute atomic E-state index is 12.5. The number of anilines is 1. The molecule has 0 radical (unpaired) electrons. The number of ether oxygens (including phenoxy) is 1. The van der Waals surface area contributed by atoms with Crippen molar-refractivity contribution >= 4 is 21.7 Å². The second-order valence-corrected chi connectivity index (χ2v) is 6.36. The Balaban J connectivity index is 2.39. The van der Waals surface area contributed by atoms with Crippen LogP contribution in [0.3, 0.4) is 0 Å². The van der Waals surface area contributed by atoms with E-state index < -0.39 is 16.0 Å². The number of nitrogens with zero attached hydrogens (tertiary/aromatic N) is 2. The second kappa shape index (κ2) is 6.97. The van der Waals surface area contributed by atoms with Crippen LogP contribution in [0.15, 0.2) is 41.4 Å². The van der Waals surface area contributed by atoms with Crippen LogP contribution in [-0.2, 0) is 21.2 Å². The highest BCUT2D eigenvalue weighted by Crippen LogP contribution is 2.27. The van der Waals surface area contributed by atoms with Crippen molar-refractivity contribution < 1.29 is 23.1 Å². The molecule has 0 spiro atoms. The van der Waals surface area contributed by atoms with Crippen molar-refractivity contribution in [3.63, 3.8) is 0 Å². The Bertz CT molecular complexity index is 902. The summed E-state index contributed by atoms with van der Waals surface area (Å²) >= 11 is 0. The lowest BCUT2D eigenvalue weighted by Gasteiger charge is -2.12. The van der Waals surface area contributed by atoms with Gasteiger partial charge in [-0.05, 0) is 29.8 Å². The SMILES string of the molecule is COc1ccc(CC(=O)O)cc1S(=O)(=O)Nc1ccc(C#N)nc1. The van der Waals surface area contributed by atoms with Crippen molar-refractivity contribution in [3.8, 4) is 11.8 Å². The Kier molecular flexibility index (Phi) is 5.01. The maximum atomic E-state index is 12.5. The van der Waals surface area contributed by atoms with E-state index in [1.54, 1.807) is 0 Å². The van der Waals surface area contributed by atoms with Crippen molar-refractivity contribution in [2.75, 3.05) is 11.8 Å². The molecule has 0 aliphatic rings. The highest BCUT2D eigenvalue weighted by atomic mass is 32.2. The number of carboxylic acids is 1. The van der Waals surface area contributed by atoms with Gasteiger partial charge >= 0.3 is 5.97 Å². The average molecular weight is 347 g/mol. The standard InChI is InChI=1S/C15H13N3O5S/c1-23-13-5-2-10(7-15(19)20)6-14(13)24(21,22)18-12-4-3-11(8-16)17-9-12/h2-6,9,18H,7H2,1H3,(H,19,20). The molecule has 2 N–H and O–H groups in total. The first-order valence-corrected chi connectivity index (χ1v) is 8.11. The fourth-order valence-corrected chi connectivity index (χ4v) is 3.21. The van der Waals surface area contributed by atoms with E-state index in [9.17, 15) is 13.2 Å². The van der Waals surface area contributed by atoms with Crippen LogP contribution in [0.4, 0.5) is 5.69 Å². The Hall–Kier alpha value is -3.12. The minimum absolute atomic E-state index is 0.0817. The molecule has 2 aromatic rings. The van der Waals surface area contributed by atoms with Gasteiger partial charge in [0.05, 0.1) is 25.4 Å². The molecular formula is C15H13N3O5S. The van der Waals surface area contributed by atoms with E-state index in [4.69, 9.17) is 15.1 Å². The summed E-state index contributed by atoms with van der Waals surface area (Å²) in [5.74, 6) is -0.994. The van der Waals surface area contributed by atoms with Gasteiger partial charge in [0.2, 0.25) is 0 Å². The molecule has 0 fully saturated rings. The van der Waals surface area contributed by atoms with Crippen LogP contribution in [0, 0.1) is 11.3 Å². The molecule has 124 valence electrons. The number of carbonyl (C=O) groups is 1. The van der Waals surface area contributed by atoms with Crippen molar-refractivity contribution in [3.05, 3.63) is 47.8 Å². The van der Waals surface area contributed by atoms with Gasteiger partial charge in [-0.1, -0.05) is 6.07 Å². The Morgan fingerprint density at radius 3 is 2.67 bits per heavy atom. The zero-order chi connectivity index (χ0) is 17.7. The quantitative estimate of drug-likeness (QED) is 0.807. The van der Waals surface area contributed by atoms with Gasteiger partial charge in [-0.3, -0.25) is 9.52 Å². The number of rotatable bonds is 6. The summed E-state index contributed by atoms with van der Waals surface area (Å²) < 4.78 is 32.4. The summed E-state index contributed by atoms with van der Waals surface area (Å²) in [5, 5.41) is 17.5. The first-order valence-electron chi connectivity index (χ1n) is 6.63. The Labute approximate surface area is 138 Å². The zero-order valence-electron chi connectivity index (χ0n) is 12.6. The molecular weight excluding hydrogens is 334 g/mol. The summed E-state index contributed by atoms with van der Waals surface area (Å²) in [5.41, 5.74) is 0.639. The fourth-order valence-electron chi connectivity index (χ4n) is 1.95. The highest BCUT2D eigenvalue weighted by molar-refractivity contribution is 7.92. The van der Waals surface area contributed by atoms with Crippen LogP contribution in [0.1, 0.15) is 11.3 Å². The van der Waals surface area contributed by atoms with Crippen LogP contribution < -0.4 is 9.46 Å². The number of carboxylic acid groups (broad SMARTS) is 1. The molecule has 9 heteroatoms. The van der Waals surface area contributed by atoms with Crippen molar-refractivity contribution in [2.24, 2.45) is 0 Å². The monoisotopic (exact) mass is 347 g/mol. The summed E-state index contributed by atoms with van der Waals surface area (Å²) in [7, 11) is -2.71. The van der Waals surface area contributed by atoms with E-state index in [0.717, 1.165) is 0 Å². The molecule has 2 rings (SSSR count). The van der Waals surface area contributed by atoms with E-state index in [1.807, 2.05) is 6.07 Å². The van der Waals surface area contributed by atoms with Gasteiger partial charge in [0, 0.05) is 0 Å². The third-order valence-electron chi connectivity index (χ3n) is 3.00. The number of methoxy groups -OCH3 is 1. The molecule has 1 aromatic heterocycles. The van der Waals surface area contributed by atoms with Crippen LogP contribution in [0.25, 0.3) is 0 Å². The molecule has 0 bridgehead atoms. The van der Waals surface area contributed by atoms with Crippen molar-refractivity contribution in [1.82, 2.24) is 4.98 Å².